The summed E-state index contributed by atoms with van der Waals surface area (Å²) in [6, 6.07) is 6.46. The Morgan fingerprint density at radius 2 is 1.84 bits per heavy atom. The largest absolute Gasteiger partial charge is 0.481 e. The number of anilines is 1. The molecule has 102 valence electrons. The van der Waals surface area contributed by atoms with Crippen LogP contribution in [0, 0.1) is 0 Å². The summed E-state index contributed by atoms with van der Waals surface area (Å²) >= 11 is 1.19. The van der Waals surface area contributed by atoms with Gasteiger partial charge in [0.1, 0.15) is 0 Å². The maximum Gasteiger partial charge on any atom is 0.305 e. The van der Waals surface area contributed by atoms with Crippen LogP contribution in [0.15, 0.2) is 24.3 Å². The van der Waals surface area contributed by atoms with Crippen LogP contribution >= 0.6 is 11.8 Å². The Morgan fingerprint density at radius 1 is 1.26 bits per heavy atom. The van der Waals surface area contributed by atoms with Crippen molar-refractivity contribution in [2.24, 2.45) is 0 Å². The smallest absolute Gasteiger partial charge is 0.305 e. The molecule has 0 saturated carbocycles. The van der Waals surface area contributed by atoms with E-state index in [9.17, 15) is 14.4 Å². The first-order valence-corrected chi connectivity index (χ1v) is 6.89. The quantitative estimate of drug-likeness (QED) is 0.779. The van der Waals surface area contributed by atoms with Gasteiger partial charge in [-0.3, -0.25) is 14.4 Å². The first kappa shape index (κ1) is 15.2. The number of benzene rings is 1. The highest BCUT2D eigenvalue weighted by atomic mass is 32.2. The number of hydrogen-bond acceptors (Lipinski definition) is 4. The van der Waals surface area contributed by atoms with Crippen LogP contribution in [0.25, 0.3) is 0 Å². The molecule has 1 unspecified atom stereocenters. The van der Waals surface area contributed by atoms with Gasteiger partial charge in [0.25, 0.3) is 0 Å². The summed E-state index contributed by atoms with van der Waals surface area (Å²) in [5.74, 6) is -1.42. The number of rotatable bonds is 6. The molecule has 0 fully saturated rings. The molecule has 0 bridgehead atoms. The van der Waals surface area contributed by atoms with Crippen molar-refractivity contribution in [2.75, 3.05) is 11.6 Å². The van der Waals surface area contributed by atoms with Crippen molar-refractivity contribution in [3.63, 3.8) is 0 Å². The maximum absolute atomic E-state index is 11.8. The van der Waals surface area contributed by atoms with Gasteiger partial charge in [-0.05, 0) is 37.4 Å². The zero-order valence-corrected chi connectivity index (χ0v) is 11.5. The SMILES string of the molecule is CSC(CC(=O)O)C(=O)Nc1ccc(C(C)=O)cc1. The van der Waals surface area contributed by atoms with Crippen molar-refractivity contribution in [2.45, 2.75) is 18.6 Å². The molecule has 1 aromatic carbocycles. The highest BCUT2D eigenvalue weighted by molar-refractivity contribution is 8.00. The lowest BCUT2D eigenvalue weighted by Crippen LogP contribution is -2.27. The number of aliphatic carboxylic acids is 1. The summed E-state index contributed by atoms with van der Waals surface area (Å²) in [4.78, 5) is 33.5. The average Bonchev–Trinajstić information content (AvgIpc) is 2.36. The number of carbonyl (C=O) groups is 3. The third-order valence-corrected chi connectivity index (χ3v) is 3.45. The van der Waals surface area contributed by atoms with Crippen LogP contribution in [0.5, 0.6) is 0 Å². The summed E-state index contributed by atoms with van der Waals surface area (Å²) in [7, 11) is 0. The Hall–Kier alpha value is -1.82. The van der Waals surface area contributed by atoms with Crippen molar-refractivity contribution in [1.82, 2.24) is 0 Å². The summed E-state index contributed by atoms with van der Waals surface area (Å²) in [5, 5.41) is 10.7. The van der Waals surface area contributed by atoms with E-state index in [0.717, 1.165) is 0 Å². The molecule has 2 N–H and O–H groups in total. The number of nitrogens with one attached hydrogen (secondary N) is 1. The van der Waals surface area contributed by atoms with E-state index in [0.29, 0.717) is 11.3 Å². The number of carboxylic acid groups (broad SMARTS) is 1. The van der Waals surface area contributed by atoms with Crippen molar-refractivity contribution in [1.29, 1.82) is 0 Å². The van der Waals surface area contributed by atoms with E-state index in [4.69, 9.17) is 5.11 Å². The predicted molar refractivity (Wildman–Crippen MR) is 74.6 cm³/mol. The molecule has 0 spiro atoms. The third kappa shape index (κ3) is 4.75. The fourth-order valence-corrected chi connectivity index (χ4v) is 2.03. The second-order valence-electron chi connectivity index (χ2n) is 3.94. The van der Waals surface area contributed by atoms with Crippen LogP contribution in [0.2, 0.25) is 0 Å². The molecule has 19 heavy (non-hydrogen) atoms. The Balaban J connectivity index is 2.70. The van der Waals surface area contributed by atoms with Gasteiger partial charge >= 0.3 is 5.97 Å². The molecule has 0 aliphatic rings. The second kappa shape index (κ2) is 6.94. The first-order chi connectivity index (χ1) is 8.93. The van der Waals surface area contributed by atoms with E-state index in [2.05, 4.69) is 5.32 Å². The fourth-order valence-electron chi connectivity index (χ4n) is 1.45. The lowest BCUT2D eigenvalue weighted by molar-refractivity contribution is -0.138. The molecule has 0 aliphatic heterocycles. The lowest BCUT2D eigenvalue weighted by atomic mass is 10.1. The van der Waals surface area contributed by atoms with Crippen molar-refractivity contribution in [3.05, 3.63) is 29.8 Å². The first-order valence-electron chi connectivity index (χ1n) is 5.60. The number of carboxylic acids is 1. The standard InChI is InChI=1S/C13H15NO4S/c1-8(15)9-3-5-10(6-4-9)14-13(18)11(19-2)7-12(16)17/h3-6,11H,7H2,1-2H3,(H,14,18)(H,16,17). The molecular formula is C13H15NO4S. The molecule has 0 aromatic heterocycles. The molecule has 0 heterocycles. The lowest BCUT2D eigenvalue weighted by Gasteiger charge is -2.12. The zero-order chi connectivity index (χ0) is 14.4. The van der Waals surface area contributed by atoms with E-state index in [-0.39, 0.29) is 18.1 Å². The van der Waals surface area contributed by atoms with E-state index in [1.165, 1.54) is 18.7 Å². The number of hydrogen-bond donors (Lipinski definition) is 2. The van der Waals surface area contributed by atoms with Gasteiger partial charge in [-0.15, -0.1) is 0 Å². The highest BCUT2D eigenvalue weighted by Gasteiger charge is 2.20. The van der Waals surface area contributed by atoms with Crippen LogP contribution in [0.1, 0.15) is 23.7 Å². The summed E-state index contributed by atoms with van der Waals surface area (Å²) in [5.41, 5.74) is 1.10. The molecular weight excluding hydrogens is 266 g/mol. The van der Waals surface area contributed by atoms with Crippen LogP contribution in [0.4, 0.5) is 5.69 Å². The fraction of sp³-hybridized carbons (Fsp3) is 0.308. The highest BCUT2D eigenvalue weighted by Crippen LogP contribution is 2.16. The number of Topliss-reactive ketones (excluding diaryl/α,β-unsaturated/α-hetero) is 1. The van der Waals surface area contributed by atoms with Gasteiger partial charge < -0.3 is 10.4 Å². The van der Waals surface area contributed by atoms with E-state index < -0.39 is 11.2 Å². The normalized spacial score (nSPS) is 11.7. The summed E-state index contributed by atoms with van der Waals surface area (Å²) < 4.78 is 0. The van der Waals surface area contributed by atoms with E-state index >= 15 is 0 Å². The molecule has 5 nitrogen and oxygen atoms in total. The van der Waals surface area contributed by atoms with Gasteiger partial charge in [-0.2, -0.15) is 11.8 Å². The van der Waals surface area contributed by atoms with Crippen molar-refractivity contribution < 1.29 is 19.5 Å². The molecule has 1 aromatic rings. The minimum absolute atomic E-state index is 0.0502. The number of ketones is 1. The Bertz CT molecular complexity index is 484. The average molecular weight is 281 g/mol. The maximum atomic E-state index is 11.8. The van der Waals surface area contributed by atoms with Gasteiger partial charge in [-0.25, -0.2) is 0 Å². The molecule has 1 rings (SSSR count). The Morgan fingerprint density at radius 3 is 2.26 bits per heavy atom. The van der Waals surface area contributed by atoms with Crippen LogP contribution in [0.3, 0.4) is 0 Å². The van der Waals surface area contributed by atoms with Gasteiger partial charge in [0.15, 0.2) is 5.78 Å². The molecule has 0 aliphatic carbocycles. The van der Waals surface area contributed by atoms with Crippen molar-refractivity contribution in [3.8, 4) is 0 Å². The van der Waals surface area contributed by atoms with Crippen molar-refractivity contribution >= 4 is 35.1 Å². The third-order valence-electron chi connectivity index (χ3n) is 2.50. The molecule has 0 radical (unpaired) electrons. The number of amides is 1. The predicted octanol–water partition coefficient (Wildman–Crippen LogP) is 2.03. The monoisotopic (exact) mass is 281 g/mol. The second-order valence-corrected chi connectivity index (χ2v) is 4.99. The van der Waals surface area contributed by atoms with E-state index in [1.54, 1.807) is 30.5 Å². The van der Waals surface area contributed by atoms with Gasteiger partial charge in [0, 0.05) is 11.3 Å². The van der Waals surface area contributed by atoms with Gasteiger partial charge in [0.05, 0.1) is 11.7 Å². The van der Waals surface area contributed by atoms with Crippen LogP contribution in [-0.2, 0) is 9.59 Å². The molecule has 1 amide bonds. The van der Waals surface area contributed by atoms with Gasteiger partial charge in [-0.1, -0.05) is 0 Å². The van der Waals surface area contributed by atoms with Crippen LogP contribution < -0.4 is 5.32 Å². The number of thioether (sulfide) groups is 1. The van der Waals surface area contributed by atoms with Crippen LogP contribution in [-0.4, -0.2) is 34.3 Å². The molecule has 6 heteroatoms. The number of carbonyl (C=O) groups excluding carboxylic acids is 2. The molecule has 0 saturated heterocycles. The summed E-state index contributed by atoms with van der Waals surface area (Å²) in [6.07, 6.45) is 1.46. The zero-order valence-electron chi connectivity index (χ0n) is 10.7. The minimum Gasteiger partial charge on any atom is -0.481 e. The molecule has 1 atom stereocenters. The summed E-state index contributed by atoms with van der Waals surface area (Å²) in [6.45, 7) is 1.46. The van der Waals surface area contributed by atoms with E-state index in [1.807, 2.05) is 0 Å². The Kier molecular flexibility index (Phi) is 5.57. The minimum atomic E-state index is -1.01. The topological polar surface area (TPSA) is 83.5 Å². The van der Waals surface area contributed by atoms with Gasteiger partial charge in [0.2, 0.25) is 5.91 Å². The Labute approximate surface area is 115 Å².